The molecule has 0 amide bonds. The van der Waals surface area contributed by atoms with Gasteiger partial charge in [0.05, 0.1) is 6.61 Å². The summed E-state index contributed by atoms with van der Waals surface area (Å²) in [6, 6.07) is 0.497. The monoisotopic (exact) mass is 255 g/mol. The van der Waals surface area contributed by atoms with E-state index < -0.39 is 0 Å². The summed E-state index contributed by atoms with van der Waals surface area (Å²) in [5.74, 6) is 1.19. The third-order valence-corrected chi connectivity index (χ3v) is 3.15. The van der Waals surface area contributed by atoms with Crippen LogP contribution in [0.25, 0.3) is 0 Å². The molecule has 0 radical (unpaired) electrons. The highest BCUT2D eigenvalue weighted by molar-refractivity contribution is 4.94. The summed E-state index contributed by atoms with van der Waals surface area (Å²) in [6.07, 6.45) is 1.16. The van der Waals surface area contributed by atoms with Gasteiger partial charge in [0.1, 0.15) is 6.10 Å². The van der Waals surface area contributed by atoms with Crippen molar-refractivity contribution in [3.63, 3.8) is 0 Å². The first-order chi connectivity index (χ1) is 8.70. The second-order valence-corrected chi connectivity index (χ2v) is 4.82. The number of aliphatic hydroxyl groups is 1. The molecule has 1 unspecified atom stereocenters. The molecule has 6 nitrogen and oxygen atoms in total. The van der Waals surface area contributed by atoms with E-state index in [1.165, 1.54) is 0 Å². The molecule has 0 aromatic carbocycles. The zero-order valence-electron chi connectivity index (χ0n) is 11.0. The van der Waals surface area contributed by atoms with Crippen LogP contribution in [0.4, 0.5) is 0 Å². The molecular formula is C12H21N3O3. The Morgan fingerprint density at radius 2 is 2.33 bits per heavy atom. The lowest BCUT2D eigenvalue weighted by molar-refractivity contribution is -0.0450. The molecule has 0 spiro atoms. The number of hydrogen-bond acceptors (Lipinski definition) is 6. The average Bonchev–Trinajstić information content (AvgIpc) is 2.85. The summed E-state index contributed by atoms with van der Waals surface area (Å²) < 4.78 is 10.8. The predicted octanol–water partition coefficient (Wildman–Crippen LogP) is 0.776. The van der Waals surface area contributed by atoms with E-state index >= 15 is 0 Å². The van der Waals surface area contributed by atoms with Gasteiger partial charge in [-0.3, -0.25) is 4.90 Å². The highest BCUT2D eigenvalue weighted by atomic mass is 16.5. The topological polar surface area (TPSA) is 71.6 Å². The Kier molecular flexibility index (Phi) is 4.68. The SMILES string of the molecule is CC(C)N1CCOC(c2noc(CCCO)n2)C1. The van der Waals surface area contributed by atoms with Crippen LogP contribution < -0.4 is 0 Å². The van der Waals surface area contributed by atoms with Crippen LogP contribution in [0, 0.1) is 0 Å². The molecule has 1 aromatic rings. The molecule has 102 valence electrons. The molecule has 1 fully saturated rings. The van der Waals surface area contributed by atoms with Crippen LogP contribution in [0.2, 0.25) is 0 Å². The smallest absolute Gasteiger partial charge is 0.226 e. The van der Waals surface area contributed by atoms with E-state index in [2.05, 4.69) is 28.9 Å². The minimum absolute atomic E-state index is 0.104. The molecular weight excluding hydrogens is 234 g/mol. The minimum atomic E-state index is -0.104. The first-order valence-electron chi connectivity index (χ1n) is 6.49. The van der Waals surface area contributed by atoms with Crippen LogP contribution >= 0.6 is 0 Å². The van der Waals surface area contributed by atoms with Crippen LogP contribution in [0.15, 0.2) is 4.52 Å². The molecule has 1 aliphatic rings. The maximum Gasteiger partial charge on any atom is 0.226 e. The second-order valence-electron chi connectivity index (χ2n) is 4.82. The number of hydrogen-bond donors (Lipinski definition) is 1. The first-order valence-corrected chi connectivity index (χ1v) is 6.49. The van der Waals surface area contributed by atoms with Gasteiger partial charge in [-0.1, -0.05) is 5.16 Å². The van der Waals surface area contributed by atoms with Crippen LogP contribution in [0.3, 0.4) is 0 Å². The zero-order chi connectivity index (χ0) is 13.0. The fraction of sp³-hybridized carbons (Fsp3) is 0.833. The summed E-state index contributed by atoms with van der Waals surface area (Å²) in [6.45, 7) is 6.93. The molecule has 1 atom stereocenters. The molecule has 1 aromatic heterocycles. The number of morpholine rings is 1. The summed E-state index contributed by atoms with van der Waals surface area (Å²) in [7, 11) is 0. The van der Waals surface area contributed by atoms with Crippen molar-refractivity contribution in [1.82, 2.24) is 15.0 Å². The summed E-state index contributed by atoms with van der Waals surface area (Å²) >= 11 is 0. The number of aromatic nitrogens is 2. The van der Waals surface area contributed by atoms with Gasteiger partial charge < -0.3 is 14.4 Å². The molecule has 6 heteroatoms. The van der Waals surface area contributed by atoms with Crippen LogP contribution in [-0.4, -0.2) is 52.5 Å². The fourth-order valence-corrected chi connectivity index (χ4v) is 2.03. The molecule has 2 heterocycles. The van der Waals surface area contributed by atoms with Crippen molar-refractivity contribution >= 4 is 0 Å². The lowest BCUT2D eigenvalue weighted by Crippen LogP contribution is -2.42. The number of ether oxygens (including phenoxy) is 1. The lowest BCUT2D eigenvalue weighted by atomic mass is 10.2. The van der Waals surface area contributed by atoms with Gasteiger partial charge in [0, 0.05) is 32.2 Å². The van der Waals surface area contributed by atoms with E-state index in [0.29, 0.717) is 37.2 Å². The van der Waals surface area contributed by atoms with Crippen LogP contribution in [-0.2, 0) is 11.2 Å². The molecule has 1 aliphatic heterocycles. The van der Waals surface area contributed by atoms with Crippen molar-refractivity contribution in [2.24, 2.45) is 0 Å². The first kappa shape index (κ1) is 13.5. The Hall–Kier alpha value is -0.980. The average molecular weight is 255 g/mol. The Morgan fingerprint density at radius 1 is 1.50 bits per heavy atom. The molecule has 0 aliphatic carbocycles. The zero-order valence-corrected chi connectivity index (χ0v) is 11.0. The van der Waals surface area contributed by atoms with Crippen LogP contribution in [0.1, 0.15) is 38.1 Å². The Balaban J connectivity index is 1.95. The highest BCUT2D eigenvalue weighted by Gasteiger charge is 2.27. The van der Waals surface area contributed by atoms with E-state index in [1.54, 1.807) is 0 Å². The van der Waals surface area contributed by atoms with Gasteiger partial charge in [-0.05, 0) is 20.3 Å². The Labute approximate surface area is 107 Å². The Morgan fingerprint density at radius 3 is 3.06 bits per heavy atom. The molecule has 2 rings (SSSR count). The summed E-state index contributed by atoms with van der Waals surface area (Å²) in [4.78, 5) is 6.67. The number of aryl methyl sites for hydroxylation is 1. The van der Waals surface area contributed by atoms with E-state index in [4.69, 9.17) is 14.4 Å². The van der Waals surface area contributed by atoms with Crippen LogP contribution in [0.5, 0.6) is 0 Å². The Bertz CT molecular complexity index is 367. The van der Waals surface area contributed by atoms with E-state index in [-0.39, 0.29) is 12.7 Å². The maximum absolute atomic E-state index is 8.76. The van der Waals surface area contributed by atoms with E-state index in [9.17, 15) is 0 Å². The van der Waals surface area contributed by atoms with Gasteiger partial charge in [-0.25, -0.2) is 0 Å². The summed E-state index contributed by atoms with van der Waals surface area (Å²) in [5, 5.41) is 12.7. The quantitative estimate of drug-likeness (QED) is 0.838. The third-order valence-electron chi connectivity index (χ3n) is 3.15. The number of rotatable bonds is 5. The molecule has 0 saturated carbocycles. The number of nitrogens with zero attached hydrogens (tertiary/aromatic N) is 3. The van der Waals surface area contributed by atoms with E-state index in [0.717, 1.165) is 13.1 Å². The largest absolute Gasteiger partial charge is 0.396 e. The predicted molar refractivity (Wildman–Crippen MR) is 65.1 cm³/mol. The molecule has 0 bridgehead atoms. The van der Waals surface area contributed by atoms with Crippen molar-refractivity contribution in [2.45, 2.75) is 38.8 Å². The standard InChI is InChI=1S/C12H21N3O3/c1-9(2)15-5-7-17-10(8-15)12-13-11(18-14-12)4-3-6-16/h9-10,16H,3-8H2,1-2H3. The number of aliphatic hydroxyl groups excluding tert-OH is 1. The van der Waals surface area contributed by atoms with Gasteiger partial charge in [0.25, 0.3) is 0 Å². The van der Waals surface area contributed by atoms with Crippen molar-refractivity contribution in [1.29, 1.82) is 0 Å². The third kappa shape index (κ3) is 3.28. The van der Waals surface area contributed by atoms with Gasteiger partial charge in [0.2, 0.25) is 11.7 Å². The van der Waals surface area contributed by atoms with Crippen molar-refractivity contribution in [2.75, 3.05) is 26.3 Å². The maximum atomic E-state index is 8.76. The summed E-state index contributed by atoms with van der Waals surface area (Å²) in [5.41, 5.74) is 0. The van der Waals surface area contributed by atoms with Crippen molar-refractivity contribution in [3.05, 3.63) is 11.7 Å². The highest BCUT2D eigenvalue weighted by Crippen LogP contribution is 2.21. The van der Waals surface area contributed by atoms with Gasteiger partial charge >= 0.3 is 0 Å². The van der Waals surface area contributed by atoms with Crippen molar-refractivity contribution < 1.29 is 14.4 Å². The normalized spacial score (nSPS) is 21.7. The lowest BCUT2D eigenvalue weighted by Gasteiger charge is -2.34. The second kappa shape index (κ2) is 6.26. The molecule has 18 heavy (non-hydrogen) atoms. The molecule has 1 N–H and O–H groups in total. The van der Waals surface area contributed by atoms with Gasteiger partial charge in [-0.15, -0.1) is 0 Å². The minimum Gasteiger partial charge on any atom is -0.396 e. The van der Waals surface area contributed by atoms with Gasteiger partial charge in [0.15, 0.2) is 0 Å². The van der Waals surface area contributed by atoms with Gasteiger partial charge in [-0.2, -0.15) is 4.98 Å². The van der Waals surface area contributed by atoms with Crippen molar-refractivity contribution in [3.8, 4) is 0 Å². The van der Waals surface area contributed by atoms with E-state index in [1.807, 2.05) is 0 Å². The fourth-order valence-electron chi connectivity index (χ4n) is 2.03. The molecule has 1 saturated heterocycles.